The molecule has 0 aromatic carbocycles. The largest absolute Gasteiger partial charge is 0.479 e. The quantitative estimate of drug-likeness (QED) is 0.791. The molecule has 0 saturated carbocycles. The lowest BCUT2D eigenvalue weighted by molar-refractivity contribution is -0.170. The molecular formula is C16H26F2N2O6. The molecule has 0 bridgehead atoms. The minimum absolute atomic E-state index is 0.157. The van der Waals surface area contributed by atoms with Crippen LogP contribution in [0.5, 0.6) is 0 Å². The highest BCUT2D eigenvalue weighted by Gasteiger charge is 2.59. The number of ether oxygens (including phenoxy) is 2. The number of alkyl halides is 2. The lowest BCUT2D eigenvalue weighted by Gasteiger charge is -2.47. The van der Waals surface area contributed by atoms with Gasteiger partial charge in [0.15, 0.2) is 0 Å². The van der Waals surface area contributed by atoms with Crippen LogP contribution in [-0.2, 0) is 14.3 Å². The fourth-order valence-electron chi connectivity index (χ4n) is 2.39. The number of carboxylic acids is 1. The summed E-state index contributed by atoms with van der Waals surface area (Å²) < 4.78 is 37.9. The van der Waals surface area contributed by atoms with Crippen molar-refractivity contribution in [3.05, 3.63) is 0 Å². The minimum atomic E-state index is -3.45. The van der Waals surface area contributed by atoms with Crippen LogP contribution in [0.4, 0.5) is 18.4 Å². The molecule has 0 radical (unpaired) electrons. The third kappa shape index (κ3) is 4.95. The summed E-state index contributed by atoms with van der Waals surface area (Å²) in [5, 5.41) is 9.50. The molecule has 1 aliphatic rings. The molecule has 8 nitrogen and oxygen atoms in total. The highest BCUT2D eigenvalue weighted by Crippen LogP contribution is 2.31. The van der Waals surface area contributed by atoms with E-state index in [-0.39, 0.29) is 6.54 Å². The number of carboxylic acid groups (broad SMARTS) is 1. The van der Waals surface area contributed by atoms with Crippen LogP contribution < -0.4 is 0 Å². The molecule has 0 spiro atoms. The number of carbonyl (C=O) groups is 3. The Balaban J connectivity index is 3.19. The van der Waals surface area contributed by atoms with E-state index >= 15 is 0 Å². The number of piperazine rings is 1. The number of rotatable bonds is 2. The Hall–Kier alpha value is -2.13. The summed E-state index contributed by atoms with van der Waals surface area (Å²) in [6.07, 6.45) is -5.55. The Morgan fingerprint density at radius 2 is 1.42 bits per heavy atom. The zero-order chi connectivity index (χ0) is 20.5. The minimum Gasteiger partial charge on any atom is -0.479 e. The molecule has 0 aromatic heterocycles. The fourth-order valence-corrected chi connectivity index (χ4v) is 2.39. The van der Waals surface area contributed by atoms with E-state index in [9.17, 15) is 28.3 Å². The summed E-state index contributed by atoms with van der Waals surface area (Å²) in [4.78, 5) is 37.6. The van der Waals surface area contributed by atoms with Crippen LogP contribution in [-0.4, -0.2) is 75.9 Å². The molecule has 0 aliphatic carbocycles. The van der Waals surface area contributed by atoms with Gasteiger partial charge in [-0.25, -0.2) is 23.2 Å². The maximum absolute atomic E-state index is 13.8. The Morgan fingerprint density at radius 3 is 1.81 bits per heavy atom. The van der Waals surface area contributed by atoms with Crippen molar-refractivity contribution in [3.8, 4) is 0 Å². The summed E-state index contributed by atoms with van der Waals surface area (Å²) in [5.74, 6) is -1.92. The van der Waals surface area contributed by atoms with Crippen molar-refractivity contribution in [2.75, 3.05) is 19.6 Å². The van der Waals surface area contributed by atoms with Crippen LogP contribution in [0, 0.1) is 0 Å². The van der Waals surface area contributed by atoms with Gasteiger partial charge in [-0.2, -0.15) is 0 Å². The third-order valence-electron chi connectivity index (χ3n) is 3.50. The summed E-state index contributed by atoms with van der Waals surface area (Å²) in [7, 11) is 0. The molecule has 1 unspecified atom stereocenters. The first-order valence-corrected chi connectivity index (χ1v) is 8.10. The van der Waals surface area contributed by atoms with Crippen LogP contribution >= 0.6 is 0 Å². The smallest absolute Gasteiger partial charge is 0.411 e. The topological polar surface area (TPSA) is 96.4 Å². The summed E-state index contributed by atoms with van der Waals surface area (Å²) in [6, 6.07) is 0. The van der Waals surface area contributed by atoms with Crippen LogP contribution in [0.25, 0.3) is 0 Å². The van der Waals surface area contributed by atoms with Gasteiger partial charge in [0.2, 0.25) is 5.54 Å². The Morgan fingerprint density at radius 1 is 0.962 bits per heavy atom. The van der Waals surface area contributed by atoms with Crippen LogP contribution in [0.15, 0.2) is 0 Å². The van der Waals surface area contributed by atoms with Crippen molar-refractivity contribution in [3.63, 3.8) is 0 Å². The van der Waals surface area contributed by atoms with Gasteiger partial charge >= 0.3 is 18.2 Å². The highest BCUT2D eigenvalue weighted by molar-refractivity contribution is 5.86. The van der Waals surface area contributed by atoms with E-state index in [0.717, 1.165) is 4.90 Å². The van der Waals surface area contributed by atoms with E-state index in [4.69, 9.17) is 9.47 Å². The van der Waals surface area contributed by atoms with Gasteiger partial charge in [0.05, 0.1) is 6.54 Å². The molecule has 150 valence electrons. The number of hydrogen-bond acceptors (Lipinski definition) is 5. The molecule has 1 atom stereocenters. The second kappa shape index (κ2) is 7.24. The zero-order valence-electron chi connectivity index (χ0n) is 15.8. The predicted octanol–water partition coefficient (Wildman–Crippen LogP) is 2.56. The monoisotopic (exact) mass is 380 g/mol. The summed E-state index contributed by atoms with van der Waals surface area (Å²) in [6.45, 7) is 7.90. The fraction of sp³-hybridized carbons (Fsp3) is 0.812. The van der Waals surface area contributed by atoms with Crippen LogP contribution in [0.3, 0.4) is 0 Å². The van der Waals surface area contributed by atoms with Crippen molar-refractivity contribution < 1.29 is 37.7 Å². The van der Waals surface area contributed by atoms with Gasteiger partial charge in [-0.05, 0) is 41.5 Å². The molecule has 1 N–H and O–H groups in total. The molecular weight excluding hydrogens is 354 g/mol. The van der Waals surface area contributed by atoms with Gasteiger partial charge in [-0.15, -0.1) is 0 Å². The van der Waals surface area contributed by atoms with Gasteiger partial charge in [-0.3, -0.25) is 4.90 Å². The van der Waals surface area contributed by atoms with Crippen LogP contribution in [0.1, 0.15) is 41.5 Å². The average Bonchev–Trinajstić information content (AvgIpc) is 2.42. The van der Waals surface area contributed by atoms with E-state index in [0.29, 0.717) is 4.90 Å². The van der Waals surface area contributed by atoms with E-state index in [1.54, 1.807) is 20.8 Å². The number of aliphatic carboxylic acids is 1. The zero-order valence-corrected chi connectivity index (χ0v) is 15.8. The van der Waals surface area contributed by atoms with Crippen molar-refractivity contribution in [2.24, 2.45) is 0 Å². The Kier molecular flexibility index (Phi) is 6.10. The third-order valence-corrected chi connectivity index (χ3v) is 3.50. The van der Waals surface area contributed by atoms with Crippen LogP contribution in [0.2, 0.25) is 0 Å². The Labute approximate surface area is 151 Å². The lowest BCUT2D eigenvalue weighted by Crippen LogP contribution is -2.72. The number of amides is 2. The lowest BCUT2D eigenvalue weighted by atomic mass is 9.94. The predicted molar refractivity (Wildman–Crippen MR) is 87.1 cm³/mol. The first-order chi connectivity index (χ1) is 11.6. The van der Waals surface area contributed by atoms with E-state index in [1.807, 2.05) is 0 Å². The van der Waals surface area contributed by atoms with Gasteiger partial charge in [0, 0.05) is 13.1 Å². The normalized spacial score (nSPS) is 21.6. The van der Waals surface area contributed by atoms with E-state index in [2.05, 4.69) is 0 Å². The second-order valence-electron chi connectivity index (χ2n) is 8.06. The van der Waals surface area contributed by atoms with Crippen molar-refractivity contribution in [1.82, 2.24) is 9.80 Å². The standard InChI is InChI=1S/C16H26F2N2O6/c1-14(2,3)25-12(23)19-7-8-20(13(24)26-15(4,5)6)16(9-19,10(17)18)11(21)22/h10H,7-9H2,1-6H3,(H,21,22). The number of carbonyl (C=O) groups excluding carboxylic acids is 2. The van der Waals surface area contributed by atoms with Crippen molar-refractivity contribution in [1.29, 1.82) is 0 Å². The van der Waals surface area contributed by atoms with Gasteiger partial charge < -0.3 is 19.5 Å². The molecule has 26 heavy (non-hydrogen) atoms. The highest BCUT2D eigenvalue weighted by atomic mass is 19.3. The number of halogens is 2. The number of nitrogens with zero attached hydrogens (tertiary/aromatic N) is 2. The maximum Gasteiger partial charge on any atom is 0.411 e. The van der Waals surface area contributed by atoms with Crippen molar-refractivity contribution >= 4 is 18.2 Å². The molecule has 2 amide bonds. The summed E-state index contributed by atoms with van der Waals surface area (Å²) in [5.41, 5.74) is -4.79. The van der Waals surface area contributed by atoms with Gasteiger partial charge in [-0.1, -0.05) is 0 Å². The molecule has 10 heteroatoms. The van der Waals surface area contributed by atoms with Gasteiger partial charge in [0.1, 0.15) is 11.2 Å². The first-order valence-electron chi connectivity index (χ1n) is 8.10. The molecule has 0 aromatic rings. The molecule has 1 fully saturated rings. The Bertz CT molecular complexity index is 570. The first kappa shape index (κ1) is 21.9. The van der Waals surface area contributed by atoms with Crippen molar-refractivity contribution in [2.45, 2.75) is 64.7 Å². The molecule has 1 saturated heterocycles. The van der Waals surface area contributed by atoms with E-state index in [1.165, 1.54) is 20.8 Å². The molecule has 1 rings (SSSR count). The average molecular weight is 380 g/mol. The molecule has 1 heterocycles. The summed E-state index contributed by atoms with van der Waals surface area (Å²) >= 11 is 0. The maximum atomic E-state index is 13.8. The molecule has 1 aliphatic heterocycles. The second-order valence-corrected chi connectivity index (χ2v) is 8.06. The number of hydrogen-bond donors (Lipinski definition) is 1. The SMILES string of the molecule is CC(C)(C)OC(=O)N1CCN(C(=O)OC(C)(C)C)C(C(=O)O)(C(F)F)C1. The van der Waals surface area contributed by atoms with Gasteiger partial charge in [0.25, 0.3) is 6.43 Å². The van der Waals surface area contributed by atoms with E-state index < -0.39 is 54.4 Å².